The fourth-order valence-corrected chi connectivity index (χ4v) is 1.93. The van der Waals surface area contributed by atoms with E-state index in [0.717, 1.165) is 43.9 Å². The predicted molar refractivity (Wildman–Crippen MR) is 80.3 cm³/mol. The topological polar surface area (TPSA) is 21.7 Å². The second kappa shape index (κ2) is 8.81. The van der Waals surface area contributed by atoms with Crippen LogP contribution in [0.1, 0.15) is 32.3 Å². The van der Waals surface area contributed by atoms with Crippen LogP contribution in [-0.2, 0) is 6.42 Å². The van der Waals surface area contributed by atoms with Gasteiger partial charge in [0.05, 0.1) is 13.2 Å². The van der Waals surface area contributed by atoms with Crippen LogP contribution in [0.5, 0.6) is 11.5 Å². The van der Waals surface area contributed by atoms with Crippen LogP contribution in [0.15, 0.2) is 18.2 Å². The van der Waals surface area contributed by atoms with Crippen LogP contribution < -0.4 is 9.47 Å². The maximum absolute atomic E-state index is 5.84. The maximum atomic E-state index is 5.84. The molecule has 0 atom stereocenters. The maximum Gasteiger partial charge on any atom is 0.126 e. The minimum Gasteiger partial charge on any atom is -0.494 e. The molecule has 0 saturated heterocycles. The number of hydrogen-bond donors (Lipinski definition) is 0. The lowest BCUT2D eigenvalue weighted by Gasteiger charge is -2.14. The van der Waals surface area contributed by atoms with E-state index < -0.39 is 0 Å². The second-order valence-electron chi connectivity index (χ2n) is 4.96. The van der Waals surface area contributed by atoms with Crippen LogP contribution in [0.2, 0.25) is 0 Å². The van der Waals surface area contributed by atoms with Crippen LogP contribution in [-0.4, -0.2) is 38.8 Å². The Kier molecular flexibility index (Phi) is 7.34. The van der Waals surface area contributed by atoms with E-state index in [2.05, 4.69) is 32.0 Å². The Morgan fingerprint density at radius 3 is 2.53 bits per heavy atom. The van der Waals surface area contributed by atoms with Crippen molar-refractivity contribution in [3.63, 3.8) is 0 Å². The summed E-state index contributed by atoms with van der Waals surface area (Å²) in [5.41, 5.74) is 1.28. The van der Waals surface area contributed by atoms with Crippen molar-refractivity contribution in [1.82, 2.24) is 4.90 Å². The van der Waals surface area contributed by atoms with Crippen LogP contribution in [0, 0.1) is 0 Å². The van der Waals surface area contributed by atoms with Gasteiger partial charge in [0.1, 0.15) is 11.5 Å². The molecule has 0 N–H and O–H groups in total. The van der Waals surface area contributed by atoms with Crippen molar-refractivity contribution in [2.24, 2.45) is 0 Å². The molecule has 1 rings (SSSR count). The molecule has 0 amide bonds. The molecule has 0 unspecified atom stereocenters. The van der Waals surface area contributed by atoms with E-state index in [1.165, 1.54) is 5.56 Å². The van der Waals surface area contributed by atoms with Gasteiger partial charge in [0.15, 0.2) is 0 Å². The third-order valence-corrected chi connectivity index (χ3v) is 2.86. The molecular formula is C16H27NO2. The summed E-state index contributed by atoms with van der Waals surface area (Å²) in [4.78, 5) is 2.21. The number of rotatable bonds is 9. The monoisotopic (exact) mass is 265 g/mol. The first-order chi connectivity index (χ1) is 9.17. The zero-order valence-electron chi connectivity index (χ0n) is 12.7. The minimum absolute atomic E-state index is 0.688. The van der Waals surface area contributed by atoms with E-state index in [0.29, 0.717) is 6.61 Å². The van der Waals surface area contributed by atoms with Gasteiger partial charge in [-0.1, -0.05) is 13.0 Å². The van der Waals surface area contributed by atoms with Gasteiger partial charge in [0.2, 0.25) is 0 Å². The highest BCUT2D eigenvalue weighted by atomic mass is 16.5. The molecule has 0 fully saturated rings. The van der Waals surface area contributed by atoms with Crippen molar-refractivity contribution in [3.05, 3.63) is 23.8 Å². The third kappa shape index (κ3) is 5.97. The normalized spacial score (nSPS) is 10.8. The van der Waals surface area contributed by atoms with Crippen molar-refractivity contribution < 1.29 is 9.47 Å². The van der Waals surface area contributed by atoms with Crippen molar-refractivity contribution in [2.45, 2.75) is 33.1 Å². The first-order valence-electron chi connectivity index (χ1n) is 7.20. The van der Waals surface area contributed by atoms with Crippen LogP contribution >= 0.6 is 0 Å². The van der Waals surface area contributed by atoms with Gasteiger partial charge in [-0.15, -0.1) is 0 Å². The molecule has 19 heavy (non-hydrogen) atoms. The molecule has 0 spiro atoms. The lowest BCUT2D eigenvalue weighted by molar-refractivity contribution is 0.305. The number of benzene rings is 1. The molecule has 0 saturated carbocycles. The molecule has 0 aromatic heterocycles. The Balaban J connectivity index is 2.70. The lowest BCUT2D eigenvalue weighted by atomic mass is 10.1. The summed E-state index contributed by atoms with van der Waals surface area (Å²) in [6.45, 7) is 6.67. The van der Waals surface area contributed by atoms with E-state index in [-0.39, 0.29) is 0 Å². The largest absolute Gasteiger partial charge is 0.494 e. The molecule has 0 aliphatic rings. The Morgan fingerprint density at radius 2 is 1.89 bits per heavy atom. The SMILES string of the molecule is CCCOc1cc(OCC)ccc1CCCN(C)C. The van der Waals surface area contributed by atoms with Gasteiger partial charge < -0.3 is 14.4 Å². The van der Waals surface area contributed by atoms with E-state index >= 15 is 0 Å². The molecule has 1 aromatic rings. The number of nitrogens with zero attached hydrogens (tertiary/aromatic N) is 1. The standard InChI is InChI=1S/C16H27NO2/c1-5-12-19-16-13-15(18-6-2)10-9-14(16)8-7-11-17(3)4/h9-10,13H,5-8,11-12H2,1-4H3. The summed E-state index contributed by atoms with van der Waals surface area (Å²) in [5.74, 6) is 1.87. The zero-order valence-corrected chi connectivity index (χ0v) is 12.7. The second-order valence-corrected chi connectivity index (χ2v) is 4.96. The Hall–Kier alpha value is -1.22. The average molecular weight is 265 g/mol. The fraction of sp³-hybridized carbons (Fsp3) is 0.625. The summed E-state index contributed by atoms with van der Waals surface area (Å²) in [6.07, 6.45) is 3.21. The number of hydrogen-bond acceptors (Lipinski definition) is 3. The van der Waals surface area contributed by atoms with Crippen LogP contribution in [0.25, 0.3) is 0 Å². The Morgan fingerprint density at radius 1 is 1.11 bits per heavy atom. The average Bonchev–Trinajstić information content (AvgIpc) is 2.38. The number of aryl methyl sites for hydroxylation is 1. The summed E-state index contributed by atoms with van der Waals surface area (Å²) in [7, 11) is 4.21. The summed E-state index contributed by atoms with van der Waals surface area (Å²) < 4.78 is 11.4. The van der Waals surface area contributed by atoms with Crippen molar-refractivity contribution in [2.75, 3.05) is 33.9 Å². The molecule has 0 heterocycles. The molecular weight excluding hydrogens is 238 g/mol. The first kappa shape index (κ1) is 15.8. The number of ether oxygens (including phenoxy) is 2. The smallest absolute Gasteiger partial charge is 0.126 e. The highest BCUT2D eigenvalue weighted by molar-refractivity contribution is 5.41. The van der Waals surface area contributed by atoms with Gasteiger partial charge in [0, 0.05) is 6.07 Å². The molecule has 108 valence electrons. The van der Waals surface area contributed by atoms with Gasteiger partial charge in [-0.05, 0) is 58.5 Å². The molecule has 0 aliphatic heterocycles. The third-order valence-electron chi connectivity index (χ3n) is 2.86. The summed E-state index contributed by atoms with van der Waals surface area (Å²) in [5, 5.41) is 0. The molecule has 0 radical (unpaired) electrons. The van der Waals surface area contributed by atoms with Gasteiger partial charge in [-0.2, -0.15) is 0 Å². The zero-order chi connectivity index (χ0) is 14.1. The van der Waals surface area contributed by atoms with E-state index in [1.54, 1.807) is 0 Å². The predicted octanol–water partition coefficient (Wildman–Crippen LogP) is 3.37. The first-order valence-corrected chi connectivity index (χ1v) is 7.20. The van der Waals surface area contributed by atoms with Crippen LogP contribution in [0.3, 0.4) is 0 Å². The van der Waals surface area contributed by atoms with Gasteiger partial charge in [-0.3, -0.25) is 0 Å². The van der Waals surface area contributed by atoms with E-state index in [9.17, 15) is 0 Å². The highest BCUT2D eigenvalue weighted by Crippen LogP contribution is 2.26. The summed E-state index contributed by atoms with van der Waals surface area (Å²) >= 11 is 0. The van der Waals surface area contributed by atoms with E-state index in [1.807, 2.05) is 19.1 Å². The van der Waals surface area contributed by atoms with Crippen LogP contribution in [0.4, 0.5) is 0 Å². The lowest BCUT2D eigenvalue weighted by Crippen LogP contribution is -2.13. The Bertz CT molecular complexity index is 364. The van der Waals surface area contributed by atoms with Gasteiger partial charge in [0.25, 0.3) is 0 Å². The minimum atomic E-state index is 0.688. The molecule has 3 nitrogen and oxygen atoms in total. The molecule has 3 heteroatoms. The van der Waals surface area contributed by atoms with Crippen molar-refractivity contribution >= 4 is 0 Å². The van der Waals surface area contributed by atoms with E-state index in [4.69, 9.17) is 9.47 Å². The fourth-order valence-electron chi connectivity index (χ4n) is 1.93. The molecule has 0 bridgehead atoms. The van der Waals surface area contributed by atoms with Crippen molar-refractivity contribution in [1.29, 1.82) is 0 Å². The quantitative estimate of drug-likeness (QED) is 0.683. The molecule has 1 aromatic carbocycles. The molecule has 0 aliphatic carbocycles. The Labute approximate surface area is 117 Å². The van der Waals surface area contributed by atoms with Crippen molar-refractivity contribution in [3.8, 4) is 11.5 Å². The summed E-state index contributed by atoms with van der Waals surface area (Å²) in [6, 6.07) is 6.18. The van der Waals surface area contributed by atoms with Gasteiger partial charge >= 0.3 is 0 Å². The van der Waals surface area contributed by atoms with Gasteiger partial charge in [-0.25, -0.2) is 0 Å². The highest BCUT2D eigenvalue weighted by Gasteiger charge is 2.06.